The zero-order chi connectivity index (χ0) is 14.0. The highest BCUT2D eigenvalue weighted by molar-refractivity contribution is 6.30. The Bertz CT molecular complexity index is 460. The van der Waals surface area contributed by atoms with Crippen molar-refractivity contribution in [3.8, 4) is 0 Å². The predicted molar refractivity (Wildman–Crippen MR) is 73.4 cm³/mol. The summed E-state index contributed by atoms with van der Waals surface area (Å²) in [5.74, 6) is -0.321. The quantitative estimate of drug-likeness (QED) is 0.928. The summed E-state index contributed by atoms with van der Waals surface area (Å²) in [6.07, 6.45) is 1.93. The van der Waals surface area contributed by atoms with Crippen molar-refractivity contribution in [3.63, 3.8) is 0 Å². The van der Waals surface area contributed by atoms with Gasteiger partial charge in [-0.3, -0.25) is 4.79 Å². The lowest BCUT2D eigenvalue weighted by Crippen LogP contribution is -2.49. The molecule has 2 rings (SSSR count). The van der Waals surface area contributed by atoms with E-state index in [0.717, 1.165) is 6.42 Å². The Kier molecular flexibility index (Phi) is 4.42. The highest BCUT2D eigenvalue weighted by Crippen LogP contribution is 2.32. The first-order valence-corrected chi connectivity index (χ1v) is 6.91. The van der Waals surface area contributed by atoms with Crippen LogP contribution >= 0.6 is 11.6 Å². The number of carbonyl (C=O) groups is 1. The maximum absolute atomic E-state index is 13.5. The fourth-order valence-corrected chi connectivity index (χ4v) is 2.89. The van der Waals surface area contributed by atoms with Crippen LogP contribution in [-0.4, -0.2) is 23.4 Å². The number of nitrogens with zero attached hydrogens (tertiary/aromatic N) is 1. The van der Waals surface area contributed by atoms with Gasteiger partial charge in [-0.25, -0.2) is 4.39 Å². The summed E-state index contributed by atoms with van der Waals surface area (Å²) in [6.45, 7) is 2.63. The fraction of sp³-hybridized carbons (Fsp3) is 0.500. The second-order valence-corrected chi connectivity index (χ2v) is 5.37. The van der Waals surface area contributed by atoms with Crippen molar-refractivity contribution >= 4 is 17.5 Å². The summed E-state index contributed by atoms with van der Waals surface area (Å²) in [5.41, 5.74) is 6.81. The number of hydrogen-bond donors (Lipinski definition) is 1. The van der Waals surface area contributed by atoms with Crippen molar-refractivity contribution in [2.75, 3.05) is 6.54 Å². The molecular formula is C14H18ClFN2O. The Hall–Kier alpha value is -1.13. The molecule has 1 saturated heterocycles. The minimum absolute atomic E-state index is 0.0777. The summed E-state index contributed by atoms with van der Waals surface area (Å²) >= 11 is 5.89. The maximum Gasteiger partial charge on any atom is 0.223 e. The molecule has 104 valence electrons. The van der Waals surface area contributed by atoms with E-state index in [1.54, 1.807) is 11.0 Å². The average molecular weight is 285 g/mol. The SMILES string of the molecule is CCCN1C(=O)CCC(N)C1c1cc(F)cc(Cl)c1. The van der Waals surface area contributed by atoms with E-state index in [0.29, 0.717) is 30.0 Å². The minimum atomic E-state index is -0.399. The third-order valence-electron chi connectivity index (χ3n) is 3.44. The van der Waals surface area contributed by atoms with Gasteiger partial charge in [0, 0.05) is 24.0 Å². The van der Waals surface area contributed by atoms with Crippen molar-refractivity contribution in [1.29, 1.82) is 0 Å². The number of benzene rings is 1. The van der Waals surface area contributed by atoms with E-state index in [-0.39, 0.29) is 18.0 Å². The van der Waals surface area contributed by atoms with Crippen LogP contribution in [0.25, 0.3) is 0 Å². The van der Waals surface area contributed by atoms with Crippen LogP contribution in [0.1, 0.15) is 37.8 Å². The average Bonchev–Trinajstić information content (AvgIpc) is 2.33. The first-order chi connectivity index (χ1) is 9.02. The molecule has 1 heterocycles. The molecule has 0 aromatic heterocycles. The lowest BCUT2D eigenvalue weighted by atomic mass is 9.90. The van der Waals surface area contributed by atoms with Gasteiger partial charge in [-0.05, 0) is 36.6 Å². The summed E-state index contributed by atoms with van der Waals surface area (Å²) < 4.78 is 13.5. The fourth-order valence-electron chi connectivity index (χ4n) is 2.66. The molecule has 0 spiro atoms. The molecule has 0 aliphatic carbocycles. The van der Waals surface area contributed by atoms with E-state index in [2.05, 4.69) is 0 Å². The van der Waals surface area contributed by atoms with Crippen molar-refractivity contribution in [1.82, 2.24) is 4.90 Å². The Morgan fingerprint density at radius 2 is 2.21 bits per heavy atom. The smallest absolute Gasteiger partial charge is 0.223 e. The van der Waals surface area contributed by atoms with E-state index < -0.39 is 5.82 Å². The lowest BCUT2D eigenvalue weighted by Gasteiger charge is -2.40. The Morgan fingerprint density at radius 1 is 1.47 bits per heavy atom. The highest BCUT2D eigenvalue weighted by Gasteiger charge is 2.34. The molecule has 3 nitrogen and oxygen atoms in total. The number of amides is 1. The van der Waals surface area contributed by atoms with Gasteiger partial charge in [-0.2, -0.15) is 0 Å². The Morgan fingerprint density at radius 3 is 2.84 bits per heavy atom. The third-order valence-corrected chi connectivity index (χ3v) is 3.66. The van der Waals surface area contributed by atoms with Crippen molar-refractivity contribution in [3.05, 3.63) is 34.6 Å². The highest BCUT2D eigenvalue weighted by atomic mass is 35.5. The molecule has 0 bridgehead atoms. The van der Waals surface area contributed by atoms with Gasteiger partial charge in [0.25, 0.3) is 0 Å². The van der Waals surface area contributed by atoms with Gasteiger partial charge in [-0.1, -0.05) is 18.5 Å². The molecule has 2 atom stereocenters. The van der Waals surface area contributed by atoms with E-state index in [1.165, 1.54) is 12.1 Å². The molecule has 2 N–H and O–H groups in total. The minimum Gasteiger partial charge on any atom is -0.334 e. The Balaban J connectivity index is 2.38. The summed E-state index contributed by atoms with van der Waals surface area (Å²) in [6, 6.07) is 3.90. The molecule has 1 aromatic rings. The van der Waals surface area contributed by atoms with Gasteiger partial charge in [0.15, 0.2) is 0 Å². The molecule has 1 aliphatic heterocycles. The van der Waals surface area contributed by atoms with Gasteiger partial charge in [0.2, 0.25) is 5.91 Å². The van der Waals surface area contributed by atoms with E-state index in [9.17, 15) is 9.18 Å². The zero-order valence-corrected chi connectivity index (χ0v) is 11.7. The van der Waals surface area contributed by atoms with E-state index in [4.69, 9.17) is 17.3 Å². The zero-order valence-electron chi connectivity index (χ0n) is 10.9. The molecule has 1 aliphatic rings. The van der Waals surface area contributed by atoms with Crippen molar-refractivity contribution in [2.45, 2.75) is 38.3 Å². The van der Waals surface area contributed by atoms with Gasteiger partial charge < -0.3 is 10.6 Å². The normalized spacial score (nSPS) is 23.8. The Labute approximate surface area is 117 Å². The molecule has 1 aromatic carbocycles. The molecule has 1 amide bonds. The van der Waals surface area contributed by atoms with Gasteiger partial charge in [-0.15, -0.1) is 0 Å². The standard InChI is InChI=1S/C14H18ClFN2O/c1-2-5-18-13(19)4-3-12(17)14(18)9-6-10(15)8-11(16)7-9/h6-8,12,14H,2-5,17H2,1H3. The topological polar surface area (TPSA) is 46.3 Å². The van der Waals surface area contributed by atoms with Crippen LogP contribution in [-0.2, 0) is 4.79 Å². The van der Waals surface area contributed by atoms with Crippen LogP contribution in [0.2, 0.25) is 5.02 Å². The lowest BCUT2D eigenvalue weighted by molar-refractivity contribution is -0.137. The van der Waals surface area contributed by atoms with Crippen molar-refractivity contribution < 1.29 is 9.18 Å². The third kappa shape index (κ3) is 3.07. The number of halogens is 2. The van der Waals surface area contributed by atoms with E-state index >= 15 is 0 Å². The maximum atomic E-state index is 13.5. The van der Waals surface area contributed by atoms with Gasteiger partial charge in [0.1, 0.15) is 5.82 Å². The molecule has 0 radical (unpaired) electrons. The monoisotopic (exact) mass is 284 g/mol. The number of nitrogens with two attached hydrogens (primary N) is 1. The van der Waals surface area contributed by atoms with Crippen LogP contribution in [0.4, 0.5) is 4.39 Å². The molecule has 19 heavy (non-hydrogen) atoms. The number of likely N-dealkylation sites (tertiary alicyclic amines) is 1. The second-order valence-electron chi connectivity index (χ2n) is 4.94. The number of rotatable bonds is 3. The van der Waals surface area contributed by atoms with E-state index in [1.807, 2.05) is 6.92 Å². The molecule has 5 heteroatoms. The number of piperidine rings is 1. The van der Waals surface area contributed by atoms with Crippen LogP contribution < -0.4 is 5.73 Å². The van der Waals surface area contributed by atoms with Crippen molar-refractivity contribution in [2.24, 2.45) is 5.73 Å². The van der Waals surface area contributed by atoms with Crippen LogP contribution in [0.15, 0.2) is 18.2 Å². The molecule has 2 unspecified atom stereocenters. The first kappa shape index (κ1) is 14.3. The molecule has 1 fully saturated rings. The number of carbonyl (C=O) groups excluding carboxylic acids is 1. The molecular weight excluding hydrogens is 267 g/mol. The summed E-state index contributed by atoms with van der Waals surface area (Å²) in [4.78, 5) is 13.8. The summed E-state index contributed by atoms with van der Waals surface area (Å²) in [5, 5.41) is 0.330. The first-order valence-electron chi connectivity index (χ1n) is 6.54. The van der Waals surface area contributed by atoms with Crippen LogP contribution in [0.5, 0.6) is 0 Å². The molecule has 0 saturated carbocycles. The van der Waals surface area contributed by atoms with Crippen LogP contribution in [0, 0.1) is 5.82 Å². The predicted octanol–water partition coefficient (Wildman–Crippen LogP) is 2.88. The second kappa shape index (κ2) is 5.88. The summed E-state index contributed by atoms with van der Waals surface area (Å²) in [7, 11) is 0. The van der Waals surface area contributed by atoms with Gasteiger partial charge >= 0.3 is 0 Å². The number of hydrogen-bond acceptors (Lipinski definition) is 2. The van der Waals surface area contributed by atoms with Crippen LogP contribution in [0.3, 0.4) is 0 Å². The largest absolute Gasteiger partial charge is 0.334 e. The van der Waals surface area contributed by atoms with Gasteiger partial charge in [0.05, 0.1) is 6.04 Å².